The lowest BCUT2D eigenvalue weighted by molar-refractivity contribution is -0.121. The average Bonchev–Trinajstić information content (AvgIpc) is 2.86. The molecule has 25 heavy (non-hydrogen) atoms. The van der Waals surface area contributed by atoms with Crippen LogP contribution in [-0.2, 0) is 4.79 Å². The van der Waals surface area contributed by atoms with E-state index in [1.165, 1.54) is 28.8 Å². The number of carbonyl (C=O) groups excluding carboxylic acids is 1. The minimum absolute atomic E-state index is 0.215. The lowest BCUT2D eigenvalue weighted by Crippen LogP contribution is -2.29. The van der Waals surface area contributed by atoms with Gasteiger partial charge in [-0.2, -0.15) is 0 Å². The molecule has 0 N–H and O–H groups in total. The molecule has 0 spiro atoms. The number of benzene rings is 1. The van der Waals surface area contributed by atoms with E-state index in [9.17, 15) is 9.18 Å². The van der Waals surface area contributed by atoms with Crippen molar-refractivity contribution in [2.75, 3.05) is 6.54 Å². The van der Waals surface area contributed by atoms with Crippen LogP contribution >= 0.6 is 23.4 Å². The highest BCUT2D eigenvalue weighted by Gasteiger charge is 2.32. The second-order valence-corrected chi connectivity index (χ2v) is 6.44. The number of halogens is 2. The Morgan fingerprint density at radius 1 is 1.36 bits per heavy atom. The third-order valence-electron chi connectivity index (χ3n) is 3.30. The van der Waals surface area contributed by atoms with Gasteiger partial charge in [0.05, 0.1) is 4.91 Å². The summed E-state index contributed by atoms with van der Waals surface area (Å²) < 4.78 is 13.4. The Hall–Kier alpha value is -2.44. The third-order valence-corrected chi connectivity index (χ3v) is 4.60. The minimum atomic E-state index is -0.358. The zero-order chi connectivity index (χ0) is 17.8. The largest absolute Gasteiger partial charge is 0.283 e. The van der Waals surface area contributed by atoms with Crippen LogP contribution in [0.15, 0.2) is 65.1 Å². The van der Waals surface area contributed by atoms with E-state index in [1.807, 2.05) is 0 Å². The molecule has 4 nitrogen and oxygen atoms in total. The molecule has 0 saturated carbocycles. The first-order valence-electron chi connectivity index (χ1n) is 7.35. The molecule has 0 unspecified atom stereocenters. The molecule has 1 aromatic carbocycles. The monoisotopic (exact) mass is 373 g/mol. The van der Waals surface area contributed by atoms with Crippen molar-refractivity contribution in [1.29, 1.82) is 0 Å². The Morgan fingerprint density at radius 3 is 2.92 bits per heavy atom. The number of thioether (sulfide) groups is 1. The number of pyridine rings is 1. The maximum absolute atomic E-state index is 13.4. The Bertz CT molecular complexity index is 897. The van der Waals surface area contributed by atoms with Crippen molar-refractivity contribution in [3.05, 3.63) is 76.7 Å². The van der Waals surface area contributed by atoms with Gasteiger partial charge in [-0.25, -0.2) is 14.4 Å². The fourth-order valence-electron chi connectivity index (χ4n) is 2.19. The summed E-state index contributed by atoms with van der Waals surface area (Å²) in [6.07, 6.45) is 4.82. The number of aliphatic imine (C=N–C) groups is 1. The molecule has 1 saturated heterocycles. The van der Waals surface area contributed by atoms with Crippen molar-refractivity contribution < 1.29 is 9.18 Å². The predicted molar refractivity (Wildman–Crippen MR) is 100 cm³/mol. The fraction of sp³-hybridized carbons (Fsp3) is 0.0556. The van der Waals surface area contributed by atoms with E-state index in [0.29, 0.717) is 27.9 Å². The van der Waals surface area contributed by atoms with Gasteiger partial charge in [-0.05, 0) is 47.7 Å². The van der Waals surface area contributed by atoms with Crippen LogP contribution in [0.1, 0.15) is 5.56 Å². The summed E-state index contributed by atoms with van der Waals surface area (Å²) in [6, 6.07) is 9.48. The number of aromatic nitrogens is 1. The summed E-state index contributed by atoms with van der Waals surface area (Å²) in [5, 5.41) is 0.728. The number of hydrogen-bond acceptors (Lipinski definition) is 4. The molecule has 1 aliphatic heterocycles. The molecule has 1 aliphatic rings. The molecule has 2 aromatic rings. The summed E-state index contributed by atoms with van der Waals surface area (Å²) in [4.78, 5) is 23.0. The quantitative estimate of drug-likeness (QED) is 0.444. The van der Waals surface area contributed by atoms with Crippen molar-refractivity contribution in [2.45, 2.75) is 0 Å². The van der Waals surface area contributed by atoms with Crippen molar-refractivity contribution in [3.8, 4) is 0 Å². The lowest BCUT2D eigenvalue weighted by atomic mass is 10.2. The molecular weight excluding hydrogens is 361 g/mol. The zero-order valence-electron chi connectivity index (χ0n) is 13.0. The summed E-state index contributed by atoms with van der Waals surface area (Å²) >= 11 is 7.24. The molecule has 0 atom stereocenters. The first-order valence-corrected chi connectivity index (χ1v) is 8.55. The number of rotatable bonds is 4. The SMILES string of the molecule is C=CCN1C(=O)/C(=C/c2cccc(F)c2)SC1=Nc1cccnc1Cl. The van der Waals surface area contributed by atoms with Gasteiger partial charge in [0.2, 0.25) is 0 Å². The van der Waals surface area contributed by atoms with Gasteiger partial charge in [-0.1, -0.05) is 29.8 Å². The van der Waals surface area contributed by atoms with Gasteiger partial charge in [-0.3, -0.25) is 9.69 Å². The minimum Gasteiger partial charge on any atom is -0.283 e. The van der Waals surface area contributed by atoms with Gasteiger partial charge in [-0.15, -0.1) is 6.58 Å². The standard InChI is InChI=1S/C18H13ClFN3OS/c1-2-9-23-17(24)15(11-12-5-3-6-13(20)10-12)25-18(23)22-14-7-4-8-21-16(14)19/h2-8,10-11H,1,9H2/b15-11-,22-18?. The highest BCUT2D eigenvalue weighted by molar-refractivity contribution is 8.18. The predicted octanol–water partition coefficient (Wildman–Crippen LogP) is 4.66. The van der Waals surface area contributed by atoms with Gasteiger partial charge in [0, 0.05) is 12.7 Å². The Balaban J connectivity index is 1.98. The highest BCUT2D eigenvalue weighted by Crippen LogP contribution is 2.35. The fourth-order valence-corrected chi connectivity index (χ4v) is 3.36. The zero-order valence-corrected chi connectivity index (χ0v) is 14.6. The van der Waals surface area contributed by atoms with Crippen molar-refractivity contribution in [3.63, 3.8) is 0 Å². The molecule has 1 aromatic heterocycles. The highest BCUT2D eigenvalue weighted by atomic mass is 35.5. The van der Waals surface area contributed by atoms with Gasteiger partial charge in [0.1, 0.15) is 11.5 Å². The van der Waals surface area contributed by atoms with E-state index in [1.54, 1.807) is 42.6 Å². The van der Waals surface area contributed by atoms with E-state index >= 15 is 0 Å². The van der Waals surface area contributed by atoms with Crippen LogP contribution in [0.25, 0.3) is 6.08 Å². The van der Waals surface area contributed by atoms with Crippen LogP contribution in [0.2, 0.25) is 5.15 Å². The number of amidine groups is 1. The van der Waals surface area contributed by atoms with Gasteiger partial charge >= 0.3 is 0 Å². The molecular formula is C18H13ClFN3OS. The number of carbonyl (C=O) groups is 1. The van der Waals surface area contributed by atoms with Crippen LogP contribution in [0.5, 0.6) is 0 Å². The second-order valence-electron chi connectivity index (χ2n) is 5.08. The first-order chi connectivity index (χ1) is 12.1. The number of hydrogen-bond donors (Lipinski definition) is 0. The van der Waals surface area contributed by atoms with Crippen LogP contribution in [0.3, 0.4) is 0 Å². The van der Waals surface area contributed by atoms with Crippen LogP contribution in [0.4, 0.5) is 10.1 Å². The van der Waals surface area contributed by atoms with Crippen molar-refractivity contribution >= 4 is 46.2 Å². The molecule has 7 heteroatoms. The molecule has 126 valence electrons. The molecule has 3 rings (SSSR count). The normalized spacial score (nSPS) is 17.5. The van der Waals surface area contributed by atoms with Gasteiger partial charge < -0.3 is 0 Å². The second kappa shape index (κ2) is 7.63. The van der Waals surface area contributed by atoms with Crippen LogP contribution in [-0.4, -0.2) is 27.5 Å². The smallest absolute Gasteiger partial charge is 0.267 e. The molecule has 0 bridgehead atoms. The van der Waals surface area contributed by atoms with E-state index in [4.69, 9.17) is 11.6 Å². The van der Waals surface area contributed by atoms with Crippen LogP contribution in [0, 0.1) is 5.82 Å². The first kappa shape index (κ1) is 17.4. The van der Waals surface area contributed by atoms with Crippen LogP contribution < -0.4 is 0 Å². The lowest BCUT2D eigenvalue weighted by Gasteiger charge is -2.12. The van der Waals surface area contributed by atoms with Crippen molar-refractivity contribution in [1.82, 2.24) is 9.88 Å². The molecule has 2 heterocycles. The summed E-state index contributed by atoms with van der Waals surface area (Å²) in [7, 11) is 0. The number of nitrogens with zero attached hydrogens (tertiary/aromatic N) is 3. The molecule has 1 fully saturated rings. The average molecular weight is 374 g/mol. The summed E-state index contributed by atoms with van der Waals surface area (Å²) in [6.45, 7) is 3.98. The molecule has 0 radical (unpaired) electrons. The topological polar surface area (TPSA) is 45.6 Å². The molecule has 1 amide bonds. The van der Waals surface area contributed by atoms with E-state index < -0.39 is 0 Å². The van der Waals surface area contributed by atoms with Gasteiger partial charge in [0.25, 0.3) is 5.91 Å². The van der Waals surface area contributed by atoms with Gasteiger partial charge in [0.15, 0.2) is 10.3 Å². The Kier molecular flexibility index (Phi) is 5.31. The van der Waals surface area contributed by atoms with E-state index in [0.717, 1.165) is 0 Å². The Morgan fingerprint density at radius 2 is 2.20 bits per heavy atom. The summed E-state index contributed by atoms with van der Waals surface area (Å²) in [5.74, 6) is -0.573. The van der Waals surface area contributed by atoms with Crippen molar-refractivity contribution in [2.24, 2.45) is 4.99 Å². The third kappa shape index (κ3) is 3.97. The number of amides is 1. The molecule has 0 aliphatic carbocycles. The Labute approximate surface area is 153 Å². The maximum atomic E-state index is 13.4. The maximum Gasteiger partial charge on any atom is 0.267 e. The summed E-state index contributed by atoms with van der Waals surface area (Å²) in [5.41, 5.74) is 1.08. The van der Waals surface area contributed by atoms with E-state index in [2.05, 4.69) is 16.6 Å². The van der Waals surface area contributed by atoms with E-state index in [-0.39, 0.29) is 16.9 Å².